The lowest BCUT2D eigenvalue weighted by Crippen LogP contribution is -2.41. The molecule has 0 amide bonds. The molecule has 2 heterocycles. The minimum Gasteiger partial charge on any atom is -0.494 e. The van der Waals surface area contributed by atoms with Gasteiger partial charge in [-0.2, -0.15) is 0 Å². The van der Waals surface area contributed by atoms with E-state index in [2.05, 4.69) is 4.98 Å². The van der Waals surface area contributed by atoms with Crippen molar-refractivity contribution >= 4 is 17.2 Å². The molecule has 2 N–H and O–H groups in total. The predicted molar refractivity (Wildman–Crippen MR) is 113 cm³/mol. The van der Waals surface area contributed by atoms with Crippen LogP contribution in [-0.4, -0.2) is 20.7 Å². The highest BCUT2D eigenvalue weighted by atomic mass is 32.1. The molecule has 0 aliphatic carbocycles. The van der Waals surface area contributed by atoms with Crippen LogP contribution in [0.2, 0.25) is 0 Å². The lowest BCUT2D eigenvalue weighted by molar-refractivity contribution is 0.340. The number of thiazole rings is 1. The number of rotatable bonds is 6. The minimum absolute atomic E-state index is 0.158. The number of nitrogens with zero attached hydrogens (tertiary/aromatic N) is 3. The van der Waals surface area contributed by atoms with Gasteiger partial charge in [0.1, 0.15) is 22.1 Å². The predicted octanol–water partition coefficient (Wildman–Crippen LogP) is 2.97. The third kappa shape index (κ3) is 3.73. The summed E-state index contributed by atoms with van der Waals surface area (Å²) in [5.74, 6) is 1.16. The van der Waals surface area contributed by atoms with Gasteiger partial charge in [0, 0.05) is 24.5 Å². The van der Waals surface area contributed by atoms with Gasteiger partial charge in [0.2, 0.25) is 0 Å². The molecule has 8 heteroatoms. The van der Waals surface area contributed by atoms with E-state index in [0.717, 1.165) is 20.9 Å². The van der Waals surface area contributed by atoms with Crippen molar-refractivity contribution in [3.8, 4) is 27.6 Å². The highest BCUT2D eigenvalue weighted by Gasteiger charge is 2.20. The molecule has 0 unspecified atom stereocenters. The van der Waals surface area contributed by atoms with Crippen molar-refractivity contribution in [2.24, 2.45) is 13.0 Å². The minimum atomic E-state index is -0.439. The molecule has 3 rings (SSSR count). The lowest BCUT2D eigenvalue weighted by atomic mass is 10.2. The maximum Gasteiger partial charge on any atom is 0.332 e. The fourth-order valence-electron chi connectivity index (χ4n) is 2.95. The molecule has 3 aromatic rings. The average Bonchev–Trinajstić information content (AvgIpc) is 3.14. The summed E-state index contributed by atoms with van der Waals surface area (Å²) in [6, 6.07) is 7.62. The second-order valence-corrected chi connectivity index (χ2v) is 7.76. The van der Waals surface area contributed by atoms with Crippen molar-refractivity contribution in [2.45, 2.75) is 27.3 Å². The summed E-state index contributed by atoms with van der Waals surface area (Å²) in [4.78, 5) is 29.8. The Morgan fingerprint density at radius 1 is 1.21 bits per heavy atom. The molecule has 0 spiro atoms. The molecular formula is C20H24N4O3S. The normalized spacial score (nSPS) is 11.2. The van der Waals surface area contributed by atoms with E-state index in [0.29, 0.717) is 18.8 Å². The first-order chi connectivity index (χ1) is 13.3. The van der Waals surface area contributed by atoms with Crippen LogP contribution in [0.5, 0.6) is 5.75 Å². The molecule has 0 radical (unpaired) electrons. The molecule has 7 nitrogen and oxygen atoms in total. The maximum atomic E-state index is 12.7. The van der Waals surface area contributed by atoms with E-state index in [1.807, 2.05) is 45.0 Å². The number of ether oxygens (including phenoxy) is 1. The summed E-state index contributed by atoms with van der Waals surface area (Å²) < 4.78 is 7.99. The molecule has 0 fully saturated rings. The number of aromatic nitrogens is 3. The number of hydrogen-bond donors (Lipinski definition) is 1. The summed E-state index contributed by atoms with van der Waals surface area (Å²) >= 11 is 1.42. The molecule has 28 heavy (non-hydrogen) atoms. The van der Waals surface area contributed by atoms with Crippen molar-refractivity contribution in [2.75, 3.05) is 12.3 Å². The van der Waals surface area contributed by atoms with E-state index in [4.69, 9.17) is 10.5 Å². The van der Waals surface area contributed by atoms with Gasteiger partial charge in [-0.3, -0.25) is 13.9 Å². The second-order valence-electron chi connectivity index (χ2n) is 6.91. The average molecular weight is 401 g/mol. The Bertz CT molecular complexity index is 1090. The number of nitrogen functional groups attached to an aromatic ring is 1. The first-order valence-electron chi connectivity index (χ1n) is 9.11. The van der Waals surface area contributed by atoms with E-state index < -0.39 is 11.2 Å². The molecule has 0 atom stereocenters. The van der Waals surface area contributed by atoms with Crippen molar-refractivity contribution in [1.82, 2.24) is 14.1 Å². The van der Waals surface area contributed by atoms with Crippen molar-refractivity contribution in [3.05, 3.63) is 50.5 Å². The molecule has 0 saturated carbocycles. The van der Waals surface area contributed by atoms with Gasteiger partial charge >= 0.3 is 5.69 Å². The van der Waals surface area contributed by atoms with Crippen LogP contribution in [0, 0.1) is 5.92 Å². The van der Waals surface area contributed by atoms with Gasteiger partial charge < -0.3 is 10.5 Å². The van der Waals surface area contributed by atoms with Gasteiger partial charge in [-0.1, -0.05) is 13.8 Å². The number of anilines is 1. The first kappa shape index (κ1) is 19.9. The topological polar surface area (TPSA) is 92.1 Å². The molecule has 2 aromatic heterocycles. The maximum absolute atomic E-state index is 12.7. The summed E-state index contributed by atoms with van der Waals surface area (Å²) in [6.07, 6.45) is 0. The Labute approximate surface area is 167 Å². The van der Waals surface area contributed by atoms with Gasteiger partial charge in [-0.25, -0.2) is 9.78 Å². The molecule has 1 aromatic carbocycles. The zero-order valence-corrected chi connectivity index (χ0v) is 17.2. The van der Waals surface area contributed by atoms with E-state index in [1.165, 1.54) is 23.0 Å². The van der Waals surface area contributed by atoms with Gasteiger partial charge in [0.25, 0.3) is 5.56 Å². The number of benzene rings is 1. The van der Waals surface area contributed by atoms with Crippen LogP contribution < -0.4 is 21.7 Å². The number of nitrogens with two attached hydrogens (primary N) is 1. The largest absolute Gasteiger partial charge is 0.494 e. The highest BCUT2D eigenvalue weighted by molar-refractivity contribution is 7.13. The van der Waals surface area contributed by atoms with Crippen LogP contribution in [0.3, 0.4) is 0 Å². The van der Waals surface area contributed by atoms with Crippen LogP contribution >= 0.6 is 11.3 Å². The van der Waals surface area contributed by atoms with Gasteiger partial charge in [0.15, 0.2) is 0 Å². The van der Waals surface area contributed by atoms with Crippen LogP contribution in [-0.2, 0) is 13.6 Å². The van der Waals surface area contributed by atoms with E-state index >= 15 is 0 Å². The summed E-state index contributed by atoms with van der Waals surface area (Å²) in [7, 11) is 1.46. The quantitative estimate of drug-likeness (QED) is 0.687. The second kappa shape index (κ2) is 8.02. The zero-order valence-electron chi connectivity index (χ0n) is 16.4. The van der Waals surface area contributed by atoms with E-state index in [1.54, 1.807) is 5.38 Å². The molecule has 148 valence electrons. The van der Waals surface area contributed by atoms with Crippen molar-refractivity contribution < 1.29 is 4.74 Å². The zero-order chi connectivity index (χ0) is 20.4. The standard InChI is InChI=1S/C20H24N4O3S/c1-5-27-14-8-6-13(7-9-14)18-22-15(11-28-18)16-17(21)24(10-12(2)3)20(26)23(4)19(16)25/h6-9,11-12H,5,10,21H2,1-4H3. The Hall–Kier alpha value is -2.87. The fraction of sp³-hybridized carbons (Fsp3) is 0.350. The molecule has 0 aliphatic heterocycles. The monoisotopic (exact) mass is 400 g/mol. The van der Waals surface area contributed by atoms with Crippen LogP contribution in [0.1, 0.15) is 20.8 Å². The van der Waals surface area contributed by atoms with Crippen molar-refractivity contribution in [3.63, 3.8) is 0 Å². The first-order valence-corrected chi connectivity index (χ1v) is 9.99. The van der Waals surface area contributed by atoms with Crippen LogP contribution in [0.25, 0.3) is 21.8 Å². The third-order valence-electron chi connectivity index (χ3n) is 4.30. The summed E-state index contributed by atoms with van der Waals surface area (Å²) in [6.45, 7) is 6.95. The van der Waals surface area contributed by atoms with Gasteiger partial charge in [0.05, 0.1) is 12.3 Å². The fourth-order valence-corrected chi connectivity index (χ4v) is 3.76. The smallest absolute Gasteiger partial charge is 0.332 e. The highest BCUT2D eigenvalue weighted by Crippen LogP contribution is 2.30. The molecule has 0 aliphatic rings. The van der Waals surface area contributed by atoms with Crippen LogP contribution in [0.15, 0.2) is 39.2 Å². The molecule has 0 saturated heterocycles. The summed E-state index contributed by atoms with van der Waals surface area (Å²) in [5.41, 5.74) is 7.04. The Morgan fingerprint density at radius 2 is 1.89 bits per heavy atom. The lowest BCUT2D eigenvalue weighted by Gasteiger charge is -2.15. The van der Waals surface area contributed by atoms with Gasteiger partial charge in [-0.05, 0) is 37.1 Å². The molecule has 0 bridgehead atoms. The number of hydrogen-bond acceptors (Lipinski definition) is 6. The van der Waals surface area contributed by atoms with E-state index in [9.17, 15) is 9.59 Å². The SMILES string of the molecule is CCOc1ccc(-c2nc(-c3c(N)n(CC(C)C)c(=O)n(C)c3=O)cs2)cc1. The molecular weight excluding hydrogens is 376 g/mol. The Kier molecular flexibility index (Phi) is 5.69. The van der Waals surface area contributed by atoms with Crippen LogP contribution in [0.4, 0.5) is 5.82 Å². The Morgan fingerprint density at radius 3 is 2.50 bits per heavy atom. The third-order valence-corrected chi connectivity index (χ3v) is 5.19. The Balaban J connectivity index is 2.07. The van der Waals surface area contributed by atoms with Gasteiger partial charge in [-0.15, -0.1) is 11.3 Å². The van der Waals surface area contributed by atoms with E-state index in [-0.39, 0.29) is 17.3 Å². The van der Waals surface area contributed by atoms with Crippen molar-refractivity contribution in [1.29, 1.82) is 0 Å². The summed E-state index contributed by atoms with van der Waals surface area (Å²) in [5, 5.41) is 2.56.